The van der Waals surface area contributed by atoms with Crippen molar-refractivity contribution in [1.82, 2.24) is 5.32 Å². The number of rotatable bonds is 8. The second kappa shape index (κ2) is 9.51. The molecule has 2 aromatic carbocycles. The van der Waals surface area contributed by atoms with Gasteiger partial charge in [0.15, 0.2) is 11.6 Å². The minimum atomic E-state index is -0.383. The van der Waals surface area contributed by atoms with Gasteiger partial charge in [0.05, 0.1) is 6.61 Å². The maximum Gasteiger partial charge on any atom is 0.220 e. The van der Waals surface area contributed by atoms with E-state index in [1.165, 1.54) is 11.6 Å². The summed E-state index contributed by atoms with van der Waals surface area (Å²) in [5.41, 5.74) is 1.18. The van der Waals surface area contributed by atoms with Crippen LogP contribution < -0.4 is 10.1 Å². The van der Waals surface area contributed by atoms with Crippen molar-refractivity contribution in [2.45, 2.75) is 31.1 Å². The Labute approximate surface area is 159 Å². The van der Waals surface area contributed by atoms with Crippen LogP contribution in [0.5, 0.6) is 5.75 Å². The number of carbonyl (C=O) groups is 1. The summed E-state index contributed by atoms with van der Waals surface area (Å²) in [4.78, 5) is 12.3. The largest absolute Gasteiger partial charge is 0.491 e. The summed E-state index contributed by atoms with van der Waals surface area (Å²) in [7, 11) is 0. The molecule has 1 N–H and O–H groups in total. The molecule has 0 spiro atoms. The van der Waals surface area contributed by atoms with Gasteiger partial charge in [-0.25, -0.2) is 4.39 Å². The van der Waals surface area contributed by atoms with Crippen LogP contribution in [0.25, 0.3) is 0 Å². The number of halogens is 1. The highest BCUT2D eigenvalue weighted by atomic mass is 19.1. The van der Waals surface area contributed by atoms with Crippen LogP contribution in [-0.4, -0.2) is 32.3 Å². The van der Waals surface area contributed by atoms with E-state index in [-0.39, 0.29) is 22.9 Å². The highest BCUT2D eigenvalue weighted by Gasteiger charge is 2.34. The van der Waals surface area contributed by atoms with Gasteiger partial charge < -0.3 is 14.8 Å². The lowest BCUT2D eigenvalue weighted by molar-refractivity contribution is -0.121. The maximum absolute atomic E-state index is 13.5. The van der Waals surface area contributed by atoms with Crippen LogP contribution in [0.2, 0.25) is 0 Å². The Hall–Kier alpha value is -2.40. The molecule has 3 rings (SSSR count). The number of ether oxygens (including phenoxy) is 2. The molecule has 0 unspecified atom stereocenters. The number of para-hydroxylation sites is 1. The van der Waals surface area contributed by atoms with Gasteiger partial charge >= 0.3 is 0 Å². The van der Waals surface area contributed by atoms with Crippen molar-refractivity contribution < 1.29 is 18.7 Å². The lowest BCUT2D eigenvalue weighted by Crippen LogP contribution is -2.44. The second-order valence-corrected chi connectivity index (χ2v) is 6.92. The zero-order valence-electron chi connectivity index (χ0n) is 15.5. The third-order valence-electron chi connectivity index (χ3n) is 5.10. The van der Waals surface area contributed by atoms with Gasteiger partial charge in [-0.3, -0.25) is 4.79 Å². The molecule has 1 aliphatic rings. The van der Waals surface area contributed by atoms with Crippen LogP contribution in [0.3, 0.4) is 0 Å². The van der Waals surface area contributed by atoms with Gasteiger partial charge in [-0.1, -0.05) is 42.5 Å². The van der Waals surface area contributed by atoms with Crippen LogP contribution in [0.4, 0.5) is 4.39 Å². The lowest BCUT2D eigenvalue weighted by atomic mass is 9.74. The van der Waals surface area contributed by atoms with Crippen LogP contribution in [0.1, 0.15) is 31.2 Å². The molecule has 2 aromatic rings. The predicted octanol–water partition coefficient (Wildman–Crippen LogP) is 3.85. The summed E-state index contributed by atoms with van der Waals surface area (Å²) < 4.78 is 24.4. The Balaban J connectivity index is 1.46. The van der Waals surface area contributed by atoms with E-state index >= 15 is 0 Å². The number of amides is 1. The fourth-order valence-corrected chi connectivity index (χ4v) is 3.45. The van der Waals surface area contributed by atoms with Gasteiger partial charge in [0.1, 0.15) is 0 Å². The van der Waals surface area contributed by atoms with Crippen molar-refractivity contribution in [3.63, 3.8) is 0 Å². The van der Waals surface area contributed by atoms with E-state index in [1.807, 2.05) is 18.2 Å². The quantitative estimate of drug-likeness (QED) is 0.717. The minimum Gasteiger partial charge on any atom is -0.491 e. The van der Waals surface area contributed by atoms with Gasteiger partial charge in [-0.15, -0.1) is 0 Å². The Morgan fingerprint density at radius 2 is 1.78 bits per heavy atom. The molecule has 4 nitrogen and oxygen atoms in total. The molecule has 1 saturated heterocycles. The third kappa shape index (κ3) is 5.30. The van der Waals surface area contributed by atoms with Gasteiger partial charge in [0, 0.05) is 31.6 Å². The number of hydrogen-bond acceptors (Lipinski definition) is 3. The van der Waals surface area contributed by atoms with Crippen LogP contribution in [-0.2, 0) is 14.9 Å². The normalized spacial score (nSPS) is 15.9. The first-order valence-corrected chi connectivity index (χ1v) is 9.47. The highest BCUT2D eigenvalue weighted by molar-refractivity contribution is 5.76. The molecule has 1 aliphatic heterocycles. The van der Waals surface area contributed by atoms with Crippen molar-refractivity contribution in [1.29, 1.82) is 0 Å². The molecule has 0 aromatic heterocycles. The minimum absolute atomic E-state index is 0.00562. The van der Waals surface area contributed by atoms with Crippen molar-refractivity contribution >= 4 is 5.91 Å². The standard InChI is InChI=1S/C22H26FNO3/c23-19-9-4-5-10-20(19)27-14-6-11-21(25)24-17-22(12-15-26-16-13-22)18-7-2-1-3-8-18/h1-5,7-10H,6,11-17H2,(H,24,25). The van der Waals surface area contributed by atoms with Crippen LogP contribution in [0.15, 0.2) is 54.6 Å². The number of benzene rings is 2. The first-order valence-electron chi connectivity index (χ1n) is 9.47. The number of carbonyl (C=O) groups excluding carboxylic acids is 1. The number of nitrogens with one attached hydrogen (secondary N) is 1. The summed E-state index contributed by atoms with van der Waals surface area (Å²) >= 11 is 0. The van der Waals surface area contributed by atoms with E-state index in [9.17, 15) is 9.18 Å². The Morgan fingerprint density at radius 1 is 1.07 bits per heavy atom. The molecule has 0 atom stereocenters. The van der Waals surface area contributed by atoms with Crippen LogP contribution in [0, 0.1) is 5.82 Å². The summed E-state index contributed by atoms with van der Waals surface area (Å²) in [6.45, 7) is 2.34. The zero-order chi connectivity index (χ0) is 19.0. The van der Waals surface area contributed by atoms with E-state index in [0.717, 1.165) is 12.8 Å². The fourth-order valence-electron chi connectivity index (χ4n) is 3.45. The first-order chi connectivity index (χ1) is 13.2. The SMILES string of the molecule is O=C(CCCOc1ccccc1F)NCC1(c2ccccc2)CCOCC1. The van der Waals surface area contributed by atoms with Crippen molar-refractivity contribution in [2.75, 3.05) is 26.4 Å². The van der Waals surface area contributed by atoms with Gasteiger partial charge in [0.25, 0.3) is 0 Å². The molecule has 1 amide bonds. The molecule has 0 radical (unpaired) electrons. The average Bonchev–Trinajstić information content (AvgIpc) is 2.72. The molecule has 0 aliphatic carbocycles. The summed E-state index contributed by atoms with van der Waals surface area (Å²) in [5, 5.41) is 3.08. The van der Waals surface area contributed by atoms with E-state index in [2.05, 4.69) is 17.4 Å². The van der Waals surface area contributed by atoms with Gasteiger partial charge in [-0.05, 0) is 37.0 Å². The van der Waals surface area contributed by atoms with E-state index in [4.69, 9.17) is 9.47 Å². The summed E-state index contributed by atoms with van der Waals surface area (Å²) in [5.74, 6) is -0.164. The van der Waals surface area contributed by atoms with Crippen molar-refractivity contribution in [3.8, 4) is 5.75 Å². The summed E-state index contributed by atoms with van der Waals surface area (Å²) in [6, 6.07) is 16.6. The first kappa shape index (κ1) is 19.4. The van der Waals surface area contributed by atoms with Gasteiger partial charge in [0.2, 0.25) is 5.91 Å². The molecule has 27 heavy (non-hydrogen) atoms. The van der Waals surface area contributed by atoms with Crippen molar-refractivity contribution in [3.05, 3.63) is 66.0 Å². The highest BCUT2D eigenvalue weighted by Crippen LogP contribution is 2.34. The maximum atomic E-state index is 13.5. The predicted molar refractivity (Wildman–Crippen MR) is 102 cm³/mol. The Morgan fingerprint density at radius 3 is 2.52 bits per heavy atom. The van der Waals surface area contributed by atoms with Crippen LogP contribution >= 0.6 is 0 Å². The van der Waals surface area contributed by atoms with E-state index < -0.39 is 0 Å². The smallest absolute Gasteiger partial charge is 0.220 e. The Bertz CT molecular complexity index is 729. The molecule has 1 heterocycles. The van der Waals surface area contributed by atoms with E-state index in [0.29, 0.717) is 39.2 Å². The molecular weight excluding hydrogens is 345 g/mol. The Kier molecular flexibility index (Phi) is 6.82. The second-order valence-electron chi connectivity index (χ2n) is 6.92. The summed E-state index contributed by atoms with van der Waals surface area (Å²) in [6.07, 6.45) is 2.69. The lowest BCUT2D eigenvalue weighted by Gasteiger charge is -2.38. The van der Waals surface area contributed by atoms with Crippen molar-refractivity contribution in [2.24, 2.45) is 0 Å². The average molecular weight is 371 g/mol. The monoisotopic (exact) mass is 371 g/mol. The molecule has 1 fully saturated rings. The fraction of sp³-hybridized carbons (Fsp3) is 0.409. The van der Waals surface area contributed by atoms with Gasteiger partial charge in [-0.2, -0.15) is 0 Å². The molecule has 0 saturated carbocycles. The molecular formula is C22H26FNO3. The molecule has 0 bridgehead atoms. The zero-order valence-corrected chi connectivity index (χ0v) is 15.5. The molecule has 5 heteroatoms. The topological polar surface area (TPSA) is 47.6 Å². The third-order valence-corrected chi connectivity index (χ3v) is 5.10. The van der Waals surface area contributed by atoms with E-state index in [1.54, 1.807) is 18.2 Å². The molecule has 144 valence electrons. The number of hydrogen-bond donors (Lipinski definition) is 1.